The number of hydrogen-bond acceptors (Lipinski definition) is 1. The van der Waals surface area contributed by atoms with Gasteiger partial charge in [0.15, 0.2) is 0 Å². The summed E-state index contributed by atoms with van der Waals surface area (Å²) in [6, 6.07) is 52.3. The van der Waals surface area contributed by atoms with Crippen molar-refractivity contribution in [3.05, 3.63) is 152 Å². The normalized spacial score (nSPS) is 11.8. The molecule has 0 aliphatic heterocycles. The first kappa shape index (κ1) is 23.1. The Balaban J connectivity index is 1.45. The smallest absolute Gasteiger partial charge is 0.0729 e. The zero-order valence-electron chi connectivity index (χ0n) is 22.8. The third kappa shape index (κ3) is 3.31. The van der Waals surface area contributed by atoms with Gasteiger partial charge in [0, 0.05) is 38.8 Å². The van der Waals surface area contributed by atoms with Crippen molar-refractivity contribution >= 4 is 54.5 Å². The van der Waals surface area contributed by atoms with Crippen LogP contribution in [0.2, 0.25) is 0 Å². The lowest BCUT2D eigenvalue weighted by Gasteiger charge is -2.14. The van der Waals surface area contributed by atoms with Gasteiger partial charge in [-0.1, -0.05) is 84.9 Å². The topological polar surface area (TPSA) is 22.8 Å². The molecule has 3 heteroatoms. The summed E-state index contributed by atoms with van der Waals surface area (Å²) in [6.07, 6.45) is 1.88. The number of benzene rings is 6. The standard InChI is InChI=1S/C39H25N3/c1-3-12-26(13-4-1)27-22-34-31(18-11-21-40-34)37(23-27)42-36-20-10-8-17-30(36)33-24-38-32(25-39(33)42)29-16-7-9-19-35(29)41(38)28-14-5-2-6-15-28/h1-25H. The second kappa shape index (κ2) is 8.92. The largest absolute Gasteiger partial charge is 0.309 e. The predicted octanol–water partition coefficient (Wildman–Crippen LogP) is 10.1. The molecule has 0 unspecified atom stereocenters. The summed E-state index contributed by atoms with van der Waals surface area (Å²) >= 11 is 0. The second-order valence-corrected chi connectivity index (χ2v) is 10.9. The van der Waals surface area contributed by atoms with Crippen LogP contribution in [0.25, 0.3) is 77.0 Å². The third-order valence-electron chi connectivity index (χ3n) is 8.53. The highest BCUT2D eigenvalue weighted by Gasteiger charge is 2.19. The molecule has 0 fully saturated rings. The zero-order valence-corrected chi connectivity index (χ0v) is 22.8. The maximum atomic E-state index is 4.81. The van der Waals surface area contributed by atoms with Crippen molar-refractivity contribution in [2.45, 2.75) is 0 Å². The number of aromatic nitrogens is 3. The summed E-state index contributed by atoms with van der Waals surface area (Å²) in [7, 11) is 0. The SMILES string of the molecule is c1ccc(-c2cc(-n3c4ccccc4c4cc5c(cc43)c3ccccc3n5-c3ccccc3)c3cccnc3c2)cc1. The molecule has 3 heterocycles. The summed E-state index contributed by atoms with van der Waals surface area (Å²) in [6.45, 7) is 0. The Morgan fingerprint density at radius 3 is 1.67 bits per heavy atom. The zero-order chi connectivity index (χ0) is 27.6. The number of rotatable bonds is 3. The summed E-state index contributed by atoms with van der Waals surface area (Å²) in [5.74, 6) is 0. The van der Waals surface area contributed by atoms with Crippen LogP contribution in [0.3, 0.4) is 0 Å². The van der Waals surface area contributed by atoms with Gasteiger partial charge in [-0.15, -0.1) is 0 Å². The average Bonchev–Trinajstić information content (AvgIpc) is 3.56. The van der Waals surface area contributed by atoms with E-state index >= 15 is 0 Å². The molecule has 0 atom stereocenters. The molecule has 6 aromatic carbocycles. The first-order valence-corrected chi connectivity index (χ1v) is 14.3. The fraction of sp³-hybridized carbons (Fsp3) is 0. The number of nitrogens with zero attached hydrogens (tertiary/aromatic N) is 3. The van der Waals surface area contributed by atoms with Gasteiger partial charge in [-0.05, 0) is 71.8 Å². The molecule has 9 rings (SSSR count). The van der Waals surface area contributed by atoms with E-state index in [9.17, 15) is 0 Å². The van der Waals surface area contributed by atoms with Crippen LogP contribution >= 0.6 is 0 Å². The average molecular weight is 536 g/mol. The highest BCUT2D eigenvalue weighted by Crippen LogP contribution is 2.41. The highest BCUT2D eigenvalue weighted by atomic mass is 15.0. The van der Waals surface area contributed by atoms with Crippen LogP contribution in [0.1, 0.15) is 0 Å². The van der Waals surface area contributed by atoms with Gasteiger partial charge in [0.05, 0.1) is 33.3 Å². The van der Waals surface area contributed by atoms with Crippen molar-refractivity contribution < 1.29 is 0 Å². The van der Waals surface area contributed by atoms with Crippen LogP contribution in [0.5, 0.6) is 0 Å². The molecule has 9 aromatic rings. The number of pyridine rings is 1. The first-order valence-electron chi connectivity index (χ1n) is 14.3. The van der Waals surface area contributed by atoms with Crippen molar-refractivity contribution in [2.24, 2.45) is 0 Å². The third-order valence-corrected chi connectivity index (χ3v) is 8.53. The Labute approximate surface area is 242 Å². The Morgan fingerprint density at radius 1 is 0.381 bits per heavy atom. The van der Waals surface area contributed by atoms with Crippen molar-refractivity contribution in [1.29, 1.82) is 0 Å². The maximum Gasteiger partial charge on any atom is 0.0729 e. The quantitative estimate of drug-likeness (QED) is 0.221. The van der Waals surface area contributed by atoms with E-state index in [2.05, 4.69) is 149 Å². The lowest BCUT2D eigenvalue weighted by molar-refractivity contribution is 1.18. The molecule has 0 N–H and O–H groups in total. The van der Waals surface area contributed by atoms with Crippen molar-refractivity contribution in [3.8, 4) is 22.5 Å². The molecular weight excluding hydrogens is 510 g/mol. The Morgan fingerprint density at radius 2 is 0.952 bits per heavy atom. The van der Waals surface area contributed by atoms with Gasteiger partial charge in [-0.2, -0.15) is 0 Å². The summed E-state index contributed by atoms with van der Waals surface area (Å²) in [4.78, 5) is 4.81. The van der Waals surface area contributed by atoms with Gasteiger partial charge in [-0.3, -0.25) is 4.98 Å². The fourth-order valence-corrected chi connectivity index (χ4v) is 6.69. The van der Waals surface area contributed by atoms with Crippen LogP contribution in [-0.4, -0.2) is 14.1 Å². The second-order valence-electron chi connectivity index (χ2n) is 10.9. The van der Waals surface area contributed by atoms with E-state index in [1.807, 2.05) is 12.3 Å². The van der Waals surface area contributed by atoms with Crippen molar-refractivity contribution in [1.82, 2.24) is 14.1 Å². The van der Waals surface area contributed by atoms with E-state index in [0.717, 1.165) is 22.2 Å². The lowest BCUT2D eigenvalue weighted by atomic mass is 10.0. The highest BCUT2D eigenvalue weighted by molar-refractivity contribution is 6.19. The molecule has 3 nitrogen and oxygen atoms in total. The molecule has 0 saturated carbocycles. The van der Waals surface area contributed by atoms with Crippen LogP contribution in [-0.2, 0) is 0 Å². The summed E-state index contributed by atoms with van der Waals surface area (Å²) in [5.41, 5.74) is 10.4. The Hall–Kier alpha value is -5.67. The minimum Gasteiger partial charge on any atom is -0.309 e. The molecule has 42 heavy (non-hydrogen) atoms. The summed E-state index contributed by atoms with van der Waals surface area (Å²) < 4.78 is 4.83. The van der Waals surface area contributed by atoms with Gasteiger partial charge in [0.2, 0.25) is 0 Å². The fourth-order valence-electron chi connectivity index (χ4n) is 6.69. The molecule has 0 bridgehead atoms. The van der Waals surface area contributed by atoms with Gasteiger partial charge in [0.25, 0.3) is 0 Å². The molecule has 0 amide bonds. The molecule has 3 aromatic heterocycles. The van der Waals surface area contributed by atoms with E-state index in [1.54, 1.807) is 0 Å². The van der Waals surface area contributed by atoms with E-state index in [0.29, 0.717) is 0 Å². The van der Waals surface area contributed by atoms with E-state index < -0.39 is 0 Å². The van der Waals surface area contributed by atoms with E-state index in [1.165, 1.54) is 54.9 Å². The number of para-hydroxylation sites is 3. The molecule has 196 valence electrons. The van der Waals surface area contributed by atoms with Gasteiger partial charge in [0.1, 0.15) is 0 Å². The minimum absolute atomic E-state index is 0.988. The van der Waals surface area contributed by atoms with Gasteiger partial charge in [-0.25, -0.2) is 0 Å². The van der Waals surface area contributed by atoms with Gasteiger partial charge >= 0.3 is 0 Å². The van der Waals surface area contributed by atoms with Crippen molar-refractivity contribution in [3.63, 3.8) is 0 Å². The van der Waals surface area contributed by atoms with E-state index in [4.69, 9.17) is 4.98 Å². The molecule has 0 aliphatic carbocycles. The predicted molar refractivity (Wildman–Crippen MR) is 176 cm³/mol. The minimum atomic E-state index is 0.988. The first-order chi connectivity index (χ1) is 20.8. The van der Waals surface area contributed by atoms with Crippen LogP contribution < -0.4 is 0 Å². The Bertz CT molecular complexity index is 2450. The van der Waals surface area contributed by atoms with Crippen LogP contribution in [0.4, 0.5) is 0 Å². The molecule has 0 radical (unpaired) electrons. The molecule has 0 spiro atoms. The lowest BCUT2D eigenvalue weighted by Crippen LogP contribution is -1.97. The molecular formula is C39H25N3. The number of hydrogen-bond donors (Lipinski definition) is 0. The van der Waals surface area contributed by atoms with Gasteiger partial charge < -0.3 is 9.13 Å². The van der Waals surface area contributed by atoms with Crippen LogP contribution in [0.15, 0.2) is 152 Å². The van der Waals surface area contributed by atoms with E-state index in [-0.39, 0.29) is 0 Å². The molecule has 0 aliphatic rings. The molecule has 0 saturated heterocycles. The summed E-state index contributed by atoms with van der Waals surface area (Å²) in [5, 5.41) is 6.10. The maximum absolute atomic E-state index is 4.81. The van der Waals surface area contributed by atoms with Crippen LogP contribution in [0, 0.1) is 0 Å². The van der Waals surface area contributed by atoms with Crippen molar-refractivity contribution in [2.75, 3.05) is 0 Å². The monoisotopic (exact) mass is 535 g/mol. The number of fused-ring (bicyclic) bond motifs is 7. The Kier molecular flexibility index (Phi) is 4.90.